The van der Waals surface area contributed by atoms with Gasteiger partial charge in [0.15, 0.2) is 0 Å². The van der Waals surface area contributed by atoms with E-state index in [1.165, 1.54) is 28.2 Å². The Labute approximate surface area is 426 Å². The van der Waals surface area contributed by atoms with Crippen LogP contribution < -0.4 is 31.3 Å². The van der Waals surface area contributed by atoms with Crippen molar-refractivity contribution in [2.24, 2.45) is 5.92 Å². The van der Waals surface area contributed by atoms with Crippen LogP contribution in [-0.2, 0) is 63.2 Å². The molecule has 0 aromatic heterocycles. The Morgan fingerprint density at radius 3 is 2.25 bits per heavy atom. The van der Waals surface area contributed by atoms with Crippen LogP contribution in [0.3, 0.4) is 0 Å². The third kappa shape index (κ3) is 14.0. The second-order valence-corrected chi connectivity index (χ2v) is 21.0. The van der Waals surface area contributed by atoms with Gasteiger partial charge in [-0.25, -0.2) is 12.7 Å². The molecule has 4 aliphatic rings. The molecular formula is C51H57N7O13S2. The van der Waals surface area contributed by atoms with E-state index in [0.29, 0.717) is 30.9 Å². The lowest BCUT2D eigenvalue weighted by Gasteiger charge is -2.27. The molecule has 73 heavy (non-hydrogen) atoms. The zero-order chi connectivity index (χ0) is 51.5. The van der Waals surface area contributed by atoms with Crippen molar-refractivity contribution in [2.45, 2.75) is 62.7 Å². The zero-order valence-corrected chi connectivity index (χ0v) is 41.7. The summed E-state index contributed by atoms with van der Waals surface area (Å²) in [5.74, 6) is -2.98. The molecule has 3 fully saturated rings. The fourth-order valence-electron chi connectivity index (χ4n) is 8.71. The minimum Gasteiger partial charge on any atom is -0.491 e. The molecule has 4 aromatic rings. The van der Waals surface area contributed by atoms with E-state index in [1.54, 1.807) is 30.3 Å². The van der Waals surface area contributed by atoms with Crippen molar-refractivity contribution in [1.29, 1.82) is 0 Å². The molecule has 22 heteroatoms. The van der Waals surface area contributed by atoms with Crippen LogP contribution in [-0.4, -0.2) is 135 Å². The number of hydrogen-bond acceptors (Lipinski definition) is 15. The normalized spacial score (nSPS) is 20.4. The van der Waals surface area contributed by atoms with Crippen molar-refractivity contribution in [1.82, 2.24) is 35.8 Å². The second-order valence-electron chi connectivity index (χ2n) is 17.9. The molecule has 0 saturated carbocycles. The molecule has 20 nitrogen and oxygen atoms in total. The van der Waals surface area contributed by atoms with Crippen LogP contribution in [0.1, 0.15) is 78.6 Å². The highest BCUT2D eigenvalue weighted by atomic mass is 32.2. The van der Waals surface area contributed by atoms with Gasteiger partial charge in [0.2, 0.25) is 33.7 Å². The highest BCUT2D eigenvalue weighted by Gasteiger charge is 2.45. The van der Waals surface area contributed by atoms with E-state index in [4.69, 9.17) is 18.9 Å². The number of hydrogen-bond donors (Lipinski definition) is 5. The highest BCUT2D eigenvalue weighted by Crippen LogP contribution is 2.31. The minimum absolute atomic E-state index is 0.0358. The standard InChI is InChI=1S/C51H57N7O13S2/c1-73(66,67)57-20-18-37(26-57)46(61)53-41(47(62)56-51-54-42(31-72-51)35-8-3-2-4-9-35)30-70-27-32-10-12-36(13-11-32)45(60)52-19-21-68-28-33-6-5-7-34(24-33)29-69-22-23-71-38-14-15-39-40(25-38)50(65)58(49(39)64)43-16-17-44(59)55-48(43)63/h2-15,24-25,37,41-43,51,54H,16-23,26-31H2,1H3,(H,52,60)(H,53,61)(H,56,62)(H,55,59,63)/t37?,41-,42?,43?,51?/m0/s1. The van der Waals surface area contributed by atoms with Gasteiger partial charge in [-0.05, 0) is 65.4 Å². The van der Waals surface area contributed by atoms with Crippen molar-refractivity contribution in [3.63, 3.8) is 0 Å². The number of rotatable bonds is 23. The second kappa shape index (κ2) is 24.5. The number of amides is 7. The number of sulfonamides is 1. The van der Waals surface area contributed by atoms with Crippen LogP contribution in [0, 0.1) is 5.92 Å². The number of piperidine rings is 1. The van der Waals surface area contributed by atoms with E-state index >= 15 is 0 Å². The number of thioether (sulfide) groups is 1. The Morgan fingerprint density at radius 1 is 0.795 bits per heavy atom. The fraction of sp³-hybridized carbons (Fsp3) is 0.392. The molecule has 7 amide bonds. The zero-order valence-electron chi connectivity index (χ0n) is 40.0. The van der Waals surface area contributed by atoms with Gasteiger partial charge in [-0.3, -0.25) is 49.1 Å². The van der Waals surface area contributed by atoms with Crippen LogP contribution in [0.4, 0.5) is 0 Å². The summed E-state index contributed by atoms with van der Waals surface area (Å²) in [7, 11) is -3.46. The van der Waals surface area contributed by atoms with Gasteiger partial charge in [0.05, 0.1) is 62.9 Å². The average molecular weight is 1040 g/mol. The van der Waals surface area contributed by atoms with Gasteiger partial charge < -0.3 is 34.9 Å². The molecule has 5 atom stereocenters. The lowest BCUT2D eigenvalue weighted by atomic mass is 10.0. The summed E-state index contributed by atoms with van der Waals surface area (Å²) in [6, 6.07) is 26.8. The van der Waals surface area contributed by atoms with Crippen LogP contribution >= 0.6 is 11.8 Å². The summed E-state index contributed by atoms with van der Waals surface area (Å²) in [5, 5.41) is 14.2. The number of nitrogens with zero attached hydrogens (tertiary/aromatic N) is 2. The first kappa shape index (κ1) is 52.8. The molecule has 8 rings (SSSR count). The third-order valence-electron chi connectivity index (χ3n) is 12.6. The van der Waals surface area contributed by atoms with Crippen LogP contribution in [0.25, 0.3) is 0 Å². The first-order chi connectivity index (χ1) is 35.2. The summed E-state index contributed by atoms with van der Waals surface area (Å²) in [4.78, 5) is 90.7. The lowest BCUT2D eigenvalue weighted by Crippen LogP contribution is -2.54. The predicted octanol–water partition coefficient (Wildman–Crippen LogP) is 2.39. The summed E-state index contributed by atoms with van der Waals surface area (Å²) in [6.07, 6.45) is 1.55. The van der Waals surface area contributed by atoms with Gasteiger partial charge >= 0.3 is 0 Å². The van der Waals surface area contributed by atoms with E-state index in [9.17, 15) is 42.0 Å². The van der Waals surface area contributed by atoms with Crippen molar-refractivity contribution in [2.75, 3.05) is 58.1 Å². The van der Waals surface area contributed by atoms with E-state index in [0.717, 1.165) is 39.2 Å². The van der Waals surface area contributed by atoms with Crippen molar-refractivity contribution in [3.8, 4) is 5.75 Å². The van der Waals surface area contributed by atoms with Crippen molar-refractivity contribution < 1.29 is 60.9 Å². The largest absolute Gasteiger partial charge is 0.491 e. The molecule has 4 aromatic carbocycles. The van der Waals surface area contributed by atoms with Gasteiger partial charge in [0.25, 0.3) is 17.7 Å². The molecule has 5 N–H and O–H groups in total. The van der Waals surface area contributed by atoms with Gasteiger partial charge in [0.1, 0.15) is 29.9 Å². The first-order valence-electron chi connectivity index (χ1n) is 23.8. The summed E-state index contributed by atoms with van der Waals surface area (Å²) >= 11 is 1.54. The molecule has 0 radical (unpaired) electrons. The Hall–Kier alpha value is -6.53. The SMILES string of the molecule is CS(=O)(=O)N1CCC(C(=O)N[C@@H](COCc2ccc(C(=O)NCCOCc3cccc(COCCOc4ccc5c(c4)C(=O)N(C4CCC(=O)NC4=O)C5=O)c3)cc2)C(=O)NC2NC(c3ccccc3)CS2)C1. The number of ether oxygens (including phenoxy) is 4. The van der Waals surface area contributed by atoms with Gasteiger partial charge in [-0.15, -0.1) is 11.8 Å². The van der Waals surface area contributed by atoms with Crippen LogP contribution in [0.15, 0.2) is 97.1 Å². The van der Waals surface area contributed by atoms with E-state index < -0.39 is 69.0 Å². The van der Waals surface area contributed by atoms with Gasteiger partial charge in [0, 0.05) is 43.4 Å². The molecule has 0 bridgehead atoms. The predicted molar refractivity (Wildman–Crippen MR) is 266 cm³/mol. The van der Waals surface area contributed by atoms with Crippen LogP contribution in [0.5, 0.6) is 5.75 Å². The quantitative estimate of drug-likeness (QED) is 0.0528. The van der Waals surface area contributed by atoms with E-state index in [2.05, 4.69) is 26.6 Å². The molecule has 0 aliphatic carbocycles. The topological polar surface area (TPSA) is 257 Å². The van der Waals surface area contributed by atoms with Crippen LogP contribution in [0.2, 0.25) is 0 Å². The number of benzene rings is 4. The van der Waals surface area contributed by atoms with E-state index in [1.807, 2.05) is 54.6 Å². The summed E-state index contributed by atoms with van der Waals surface area (Å²) in [5.41, 5.74) is 3.98. The Kier molecular flexibility index (Phi) is 17.7. The smallest absolute Gasteiger partial charge is 0.262 e. The molecule has 4 unspecified atom stereocenters. The number of nitrogens with one attached hydrogen (secondary N) is 5. The molecule has 4 heterocycles. The minimum atomic E-state index is -3.46. The molecule has 0 spiro atoms. The Morgan fingerprint density at radius 2 is 1.52 bits per heavy atom. The maximum Gasteiger partial charge on any atom is 0.262 e. The maximum absolute atomic E-state index is 13.6. The van der Waals surface area contributed by atoms with Gasteiger partial charge in [-0.2, -0.15) is 0 Å². The number of carbonyl (C=O) groups excluding carboxylic acids is 7. The molecular weight excluding hydrogens is 983 g/mol. The highest BCUT2D eigenvalue weighted by molar-refractivity contribution is 8.00. The monoisotopic (exact) mass is 1040 g/mol. The third-order valence-corrected chi connectivity index (χ3v) is 15.0. The first-order valence-corrected chi connectivity index (χ1v) is 26.7. The Bertz CT molecular complexity index is 2800. The number of fused-ring (bicyclic) bond motifs is 1. The molecule has 386 valence electrons. The van der Waals surface area contributed by atoms with Crippen molar-refractivity contribution >= 4 is 63.1 Å². The Balaban J connectivity index is 0.722. The van der Waals surface area contributed by atoms with Crippen molar-refractivity contribution in [3.05, 3.63) is 136 Å². The maximum atomic E-state index is 13.6. The fourth-order valence-corrected chi connectivity index (χ4v) is 10.7. The number of carbonyl (C=O) groups is 7. The molecule has 4 aliphatic heterocycles. The summed E-state index contributed by atoms with van der Waals surface area (Å²) in [6.45, 7) is 1.75. The molecule has 3 saturated heterocycles. The van der Waals surface area contributed by atoms with Gasteiger partial charge in [-0.1, -0.05) is 66.7 Å². The average Bonchev–Trinajstić information content (AvgIpc) is 4.13. The summed E-state index contributed by atoms with van der Waals surface area (Å²) < 4.78 is 48.8. The van der Waals surface area contributed by atoms with E-state index in [-0.39, 0.29) is 88.6 Å². The lowest BCUT2D eigenvalue weighted by molar-refractivity contribution is -0.136. The number of imide groups is 2.